The van der Waals surface area contributed by atoms with Gasteiger partial charge in [-0.1, -0.05) is 19.3 Å². The molecule has 0 unspecified atom stereocenters. The van der Waals surface area contributed by atoms with Gasteiger partial charge in [-0.15, -0.1) is 0 Å². The summed E-state index contributed by atoms with van der Waals surface area (Å²) >= 11 is 0. The molecule has 1 aromatic carbocycles. The molecule has 1 amide bonds. The van der Waals surface area contributed by atoms with Crippen LogP contribution in [0.25, 0.3) is 11.3 Å². The van der Waals surface area contributed by atoms with E-state index in [1.54, 1.807) is 14.2 Å². The molecule has 0 bridgehead atoms. The van der Waals surface area contributed by atoms with Crippen molar-refractivity contribution in [1.82, 2.24) is 10.2 Å². The number of nitrogens with zero attached hydrogens (tertiary/aromatic N) is 1. The smallest absolute Gasteiger partial charge is 0.227 e. The predicted octanol–water partition coefficient (Wildman–Crippen LogP) is 4.51. The van der Waals surface area contributed by atoms with Gasteiger partial charge in [0.2, 0.25) is 5.91 Å². The lowest BCUT2D eigenvalue weighted by molar-refractivity contribution is -0.120. The van der Waals surface area contributed by atoms with Gasteiger partial charge in [-0.05, 0) is 43.9 Å². The van der Waals surface area contributed by atoms with Crippen LogP contribution in [0.3, 0.4) is 0 Å². The first kappa shape index (κ1) is 20.7. The van der Waals surface area contributed by atoms with Crippen LogP contribution in [0, 0.1) is 5.92 Å². The summed E-state index contributed by atoms with van der Waals surface area (Å²) < 4.78 is 16.4. The van der Waals surface area contributed by atoms with Gasteiger partial charge >= 0.3 is 0 Å². The third-order valence-corrected chi connectivity index (χ3v) is 6.30. The fraction of sp³-hybridized carbons (Fsp3) is 0.565. The van der Waals surface area contributed by atoms with Crippen LogP contribution in [0.4, 0.5) is 5.69 Å². The first-order valence-electron chi connectivity index (χ1n) is 10.9. The van der Waals surface area contributed by atoms with E-state index in [0.29, 0.717) is 17.4 Å². The summed E-state index contributed by atoms with van der Waals surface area (Å²) in [5.41, 5.74) is 3.40. The summed E-state index contributed by atoms with van der Waals surface area (Å²) in [7, 11) is 3.23. The summed E-state index contributed by atoms with van der Waals surface area (Å²) in [6, 6.07) is 5.71. The van der Waals surface area contributed by atoms with Crippen molar-refractivity contribution in [3.8, 4) is 22.8 Å². The molecule has 0 atom stereocenters. The van der Waals surface area contributed by atoms with E-state index in [1.165, 1.54) is 6.42 Å². The number of carbonyl (C=O) groups is 1. The molecule has 2 N–H and O–H groups in total. The van der Waals surface area contributed by atoms with Crippen LogP contribution in [0.1, 0.15) is 56.6 Å². The largest absolute Gasteiger partial charge is 0.493 e. The summed E-state index contributed by atoms with van der Waals surface area (Å²) in [6.07, 6.45) is 7.22. The minimum absolute atomic E-state index is 0.0782. The van der Waals surface area contributed by atoms with Crippen LogP contribution in [-0.2, 0) is 9.53 Å². The second kappa shape index (κ2) is 9.51. The minimum Gasteiger partial charge on any atom is -0.493 e. The highest BCUT2D eigenvalue weighted by Gasteiger charge is 2.28. The van der Waals surface area contributed by atoms with Gasteiger partial charge in [0.15, 0.2) is 11.5 Å². The van der Waals surface area contributed by atoms with Gasteiger partial charge in [0, 0.05) is 30.6 Å². The van der Waals surface area contributed by atoms with E-state index in [1.807, 2.05) is 18.2 Å². The molecule has 7 nitrogen and oxygen atoms in total. The van der Waals surface area contributed by atoms with E-state index in [4.69, 9.17) is 14.2 Å². The number of aromatic nitrogens is 2. The third-order valence-electron chi connectivity index (χ3n) is 6.30. The quantitative estimate of drug-likeness (QED) is 0.728. The van der Waals surface area contributed by atoms with Crippen molar-refractivity contribution >= 4 is 11.6 Å². The Kier molecular flexibility index (Phi) is 6.57. The molecule has 1 aromatic heterocycles. The van der Waals surface area contributed by atoms with E-state index < -0.39 is 0 Å². The van der Waals surface area contributed by atoms with Gasteiger partial charge in [0.25, 0.3) is 0 Å². The number of hydrogen-bond acceptors (Lipinski definition) is 5. The van der Waals surface area contributed by atoms with E-state index in [0.717, 1.165) is 74.4 Å². The fourth-order valence-corrected chi connectivity index (χ4v) is 4.55. The van der Waals surface area contributed by atoms with Gasteiger partial charge in [0.05, 0.1) is 25.6 Å². The highest BCUT2D eigenvalue weighted by Crippen LogP contribution is 2.40. The molecule has 0 radical (unpaired) electrons. The standard InChI is InChI=1S/C23H31N3O4/c1-28-18-9-8-17(14-19(18)29-2)21-22(24-23(27)16-6-4-3-5-7-16)20(25-26-21)15-10-12-30-13-11-15/h8-9,14-16H,3-7,10-13H2,1-2H3,(H,24,27)(H,25,26). The molecule has 2 heterocycles. The van der Waals surface area contributed by atoms with E-state index in [-0.39, 0.29) is 11.8 Å². The summed E-state index contributed by atoms with van der Waals surface area (Å²) in [5.74, 6) is 1.77. The first-order valence-corrected chi connectivity index (χ1v) is 10.9. The number of rotatable bonds is 6. The molecule has 4 rings (SSSR count). The molecule has 2 fully saturated rings. The molecule has 7 heteroatoms. The Hall–Kier alpha value is -2.54. The number of carbonyl (C=O) groups excluding carboxylic acids is 1. The average molecular weight is 414 g/mol. The maximum Gasteiger partial charge on any atom is 0.227 e. The zero-order valence-corrected chi connectivity index (χ0v) is 17.8. The molecule has 1 aliphatic carbocycles. The first-order chi connectivity index (χ1) is 14.7. The number of amides is 1. The van der Waals surface area contributed by atoms with Gasteiger partial charge in [-0.2, -0.15) is 5.10 Å². The van der Waals surface area contributed by atoms with Crippen molar-refractivity contribution < 1.29 is 19.0 Å². The number of ether oxygens (including phenoxy) is 3. The molecule has 162 valence electrons. The topological polar surface area (TPSA) is 85.5 Å². The number of benzene rings is 1. The monoisotopic (exact) mass is 413 g/mol. The van der Waals surface area contributed by atoms with Crippen molar-refractivity contribution in [1.29, 1.82) is 0 Å². The summed E-state index contributed by atoms with van der Waals surface area (Å²) in [4.78, 5) is 13.1. The SMILES string of the molecule is COc1ccc(-c2n[nH]c(C3CCOCC3)c2NC(=O)C2CCCCC2)cc1OC. The number of H-pyrrole nitrogens is 1. The summed E-state index contributed by atoms with van der Waals surface area (Å²) in [5, 5.41) is 11.1. The van der Waals surface area contributed by atoms with Crippen LogP contribution >= 0.6 is 0 Å². The number of aromatic amines is 1. The Morgan fingerprint density at radius 3 is 2.50 bits per heavy atom. The van der Waals surface area contributed by atoms with Crippen LogP contribution in [-0.4, -0.2) is 43.5 Å². The van der Waals surface area contributed by atoms with Crippen molar-refractivity contribution in [2.45, 2.75) is 50.9 Å². The zero-order chi connectivity index (χ0) is 20.9. The van der Waals surface area contributed by atoms with Crippen LogP contribution in [0.15, 0.2) is 18.2 Å². The van der Waals surface area contributed by atoms with Crippen molar-refractivity contribution in [3.05, 3.63) is 23.9 Å². The second-order valence-corrected chi connectivity index (χ2v) is 8.14. The molecule has 0 spiro atoms. The number of nitrogens with one attached hydrogen (secondary N) is 2. The lowest BCUT2D eigenvalue weighted by atomic mass is 9.88. The Morgan fingerprint density at radius 1 is 1.07 bits per heavy atom. The Morgan fingerprint density at radius 2 is 1.80 bits per heavy atom. The van der Waals surface area contributed by atoms with Crippen LogP contribution < -0.4 is 14.8 Å². The van der Waals surface area contributed by atoms with E-state index in [9.17, 15) is 4.79 Å². The number of hydrogen-bond donors (Lipinski definition) is 2. The lowest BCUT2D eigenvalue weighted by Crippen LogP contribution is -2.26. The molecule has 2 aromatic rings. The maximum atomic E-state index is 13.1. The van der Waals surface area contributed by atoms with Crippen molar-refractivity contribution in [2.75, 3.05) is 32.8 Å². The molecule has 1 saturated carbocycles. The highest BCUT2D eigenvalue weighted by atomic mass is 16.5. The molecule has 1 aliphatic heterocycles. The molecular formula is C23H31N3O4. The molecule has 2 aliphatic rings. The van der Waals surface area contributed by atoms with Crippen LogP contribution in [0.5, 0.6) is 11.5 Å². The number of anilines is 1. The van der Waals surface area contributed by atoms with Crippen molar-refractivity contribution in [2.24, 2.45) is 5.92 Å². The van der Waals surface area contributed by atoms with E-state index >= 15 is 0 Å². The molecule has 30 heavy (non-hydrogen) atoms. The Balaban J connectivity index is 1.69. The van der Waals surface area contributed by atoms with Gasteiger partial charge in [0.1, 0.15) is 5.69 Å². The number of methoxy groups -OCH3 is 2. The van der Waals surface area contributed by atoms with Crippen LogP contribution in [0.2, 0.25) is 0 Å². The Bertz CT molecular complexity index is 867. The van der Waals surface area contributed by atoms with Gasteiger partial charge < -0.3 is 19.5 Å². The summed E-state index contributed by atoms with van der Waals surface area (Å²) in [6.45, 7) is 1.46. The van der Waals surface area contributed by atoms with Gasteiger partial charge in [-0.3, -0.25) is 9.89 Å². The molecule has 1 saturated heterocycles. The maximum absolute atomic E-state index is 13.1. The Labute approximate surface area is 177 Å². The zero-order valence-electron chi connectivity index (χ0n) is 17.8. The van der Waals surface area contributed by atoms with E-state index in [2.05, 4.69) is 15.5 Å². The fourth-order valence-electron chi connectivity index (χ4n) is 4.55. The highest BCUT2D eigenvalue weighted by molar-refractivity contribution is 5.97. The third kappa shape index (κ3) is 4.31. The van der Waals surface area contributed by atoms with Gasteiger partial charge in [-0.25, -0.2) is 0 Å². The molecular weight excluding hydrogens is 382 g/mol. The second-order valence-electron chi connectivity index (χ2n) is 8.14. The normalized spacial score (nSPS) is 18.2. The average Bonchev–Trinajstić information content (AvgIpc) is 3.23. The van der Waals surface area contributed by atoms with Crippen molar-refractivity contribution in [3.63, 3.8) is 0 Å². The lowest BCUT2D eigenvalue weighted by Gasteiger charge is -2.24. The predicted molar refractivity (Wildman–Crippen MR) is 115 cm³/mol. The minimum atomic E-state index is 0.0782.